The van der Waals surface area contributed by atoms with Gasteiger partial charge in [0.05, 0.1) is 5.69 Å². The smallest absolute Gasteiger partial charge is 0.140 e. The van der Waals surface area contributed by atoms with Crippen LogP contribution in [0.4, 0.5) is 11.4 Å². The zero-order chi connectivity index (χ0) is 10.0. The average Bonchev–Trinajstić information content (AvgIpc) is 2.03. The Morgan fingerprint density at radius 3 is 2.00 bits per heavy atom. The fourth-order valence-electron chi connectivity index (χ4n) is 1.17. The van der Waals surface area contributed by atoms with Crippen molar-refractivity contribution >= 4 is 11.4 Å². The minimum atomic E-state index is 0.316. The van der Waals surface area contributed by atoms with Crippen LogP contribution in [0, 0.1) is 0 Å². The number of benzene rings is 1. The molecule has 0 saturated carbocycles. The molecule has 0 heterocycles. The summed E-state index contributed by atoms with van der Waals surface area (Å²) < 4.78 is 0. The van der Waals surface area contributed by atoms with E-state index in [-0.39, 0.29) is 0 Å². The van der Waals surface area contributed by atoms with Crippen LogP contribution in [0.2, 0.25) is 0 Å². The SMILES string of the molecule is CN(C)c1ccc(N(C)C)c(O)c1. The van der Waals surface area contributed by atoms with Gasteiger partial charge in [0.2, 0.25) is 0 Å². The number of aromatic hydroxyl groups is 1. The molecule has 1 aromatic carbocycles. The highest BCUT2D eigenvalue weighted by molar-refractivity contribution is 5.64. The van der Waals surface area contributed by atoms with E-state index in [9.17, 15) is 5.11 Å². The molecule has 1 rings (SSSR count). The van der Waals surface area contributed by atoms with Gasteiger partial charge in [-0.15, -0.1) is 0 Å². The molecule has 0 unspecified atom stereocenters. The van der Waals surface area contributed by atoms with Crippen LogP contribution in [0.25, 0.3) is 0 Å². The predicted octanol–water partition coefficient (Wildman–Crippen LogP) is 1.52. The summed E-state index contributed by atoms with van der Waals surface area (Å²) in [6.45, 7) is 0. The third kappa shape index (κ3) is 2.05. The van der Waals surface area contributed by atoms with Crippen LogP contribution >= 0.6 is 0 Å². The maximum absolute atomic E-state index is 9.64. The maximum atomic E-state index is 9.64. The van der Waals surface area contributed by atoms with Gasteiger partial charge >= 0.3 is 0 Å². The van der Waals surface area contributed by atoms with E-state index >= 15 is 0 Å². The van der Waals surface area contributed by atoms with Gasteiger partial charge in [0, 0.05) is 39.9 Å². The summed E-state index contributed by atoms with van der Waals surface area (Å²) >= 11 is 0. The fourth-order valence-corrected chi connectivity index (χ4v) is 1.17. The van der Waals surface area contributed by atoms with Crippen molar-refractivity contribution < 1.29 is 5.11 Å². The third-order valence-electron chi connectivity index (χ3n) is 1.96. The molecule has 1 aromatic rings. The first-order valence-electron chi connectivity index (χ1n) is 4.20. The van der Waals surface area contributed by atoms with Crippen LogP contribution in [0.3, 0.4) is 0 Å². The van der Waals surface area contributed by atoms with Crippen LogP contribution in [0.15, 0.2) is 18.2 Å². The largest absolute Gasteiger partial charge is 0.506 e. The lowest BCUT2D eigenvalue weighted by Gasteiger charge is -2.17. The number of anilines is 2. The highest BCUT2D eigenvalue weighted by Crippen LogP contribution is 2.29. The zero-order valence-electron chi connectivity index (χ0n) is 8.57. The van der Waals surface area contributed by atoms with E-state index in [1.807, 2.05) is 50.1 Å². The monoisotopic (exact) mass is 180 g/mol. The molecule has 0 bridgehead atoms. The summed E-state index contributed by atoms with van der Waals surface area (Å²) in [7, 11) is 7.71. The summed E-state index contributed by atoms with van der Waals surface area (Å²) in [6.07, 6.45) is 0. The Hall–Kier alpha value is -1.38. The standard InChI is InChI=1S/C10H16N2O/c1-11(2)8-5-6-9(12(3)4)10(13)7-8/h5-7,13H,1-4H3. The van der Waals surface area contributed by atoms with Crippen LogP contribution < -0.4 is 9.80 Å². The molecule has 72 valence electrons. The van der Waals surface area contributed by atoms with Gasteiger partial charge in [-0.05, 0) is 12.1 Å². The molecular formula is C10H16N2O. The van der Waals surface area contributed by atoms with E-state index in [1.54, 1.807) is 6.07 Å². The minimum absolute atomic E-state index is 0.316. The van der Waals surface area contributed by atoms with E-state index in [4.69, 9.17) is 0 Å². The van der Waals surface area contributed by atoms with Gasteiger partial charge in [-0.2, -0.15) is 0 Å². The Bertz CT molecular complexity index is 295. The van der Waals surface area contributed by atoms with Crippen molar-refractivity contribution in [2.75, 3.05) is 38.0 Å². The molecule has 0 saturated heterocycles. The number of nitrogens with zero attached hydrogens (tertiary/aromatic N) is 2. The second-order valence-electron chi connectivity index (χ2n) is 3.46. The predicted molar refractivity (Wildman–Crippen MR) is 56.8 cm³/mol. The number of rotatable bonds is 2. The first-order chi connectivity index (χ1) is 6.02. The molecule has 0 spiro atoms. The molecule has 1 N–H and O–H groups in total. The van der Waals surface area contributed by atoms with Gasteiger partial charge in [0.25, 0.3) is 0 Å². The van der Waals surface area contributed by atoms with Gasteiger partial charge < -0.3 is 14.9 Å². The van der Waals surface area contributed by atoms with Crippen molar-refractivity contribution in [2.24, 2.45) is 0 Å². The molecule has 0 aromatic heterocycles. The fraction of sp³-hybridized carbons (Fsp3) is 0.400. The highest BCUT2D eigenvalue weighted by atomic mass is 16.3. The highest BCUT2D eigenvalue weighted by Gasteiger charge is 2.04. The van der Waals surface area contributed by atoms with Gasteiger partial charge in [-0.25, -0.2) is 0 Å². The molecule has 0 radical (unpaired) electrons. The lowest BCUT2D eigenvalue weighted by atomic mass is 10.2. The molecule has 0 amide bonds. The summed E-state index contributed by atoms with van der Waals surface area (Å²) in [6, 6.07) is 5.65. The Morgan fingerprint density at radius 2 is 1.62 bits per heavy atom. The number of hydrogen-bond donors (Lipinski definition) is 1. The van der Waals surface area contributed by atoms with Crippen LogP contribution in [0.5, 0.6) is 5.75 Å². The average molecular weight is 180 g/mol. The second kappa shape index (κ2) is 3.56. The molecule has 13 heavy (non-hydrogen) atoms. The topological polar surface area (TPSA) is 26.7 Å². The minimum Gasteiger partial charge on any atom is -0.506 e. The van der Waals surface area contributed by atoms with Crippen molar-refractivity contribution in [3.8, 4) is 5.75 Å². The molecular weight excluding hydrogens is 164 g/mol. The quantitative estimate of drug-likeness (QED) is 0.747. The summed E-state index contributed by atoms with van der Waals surface area (Å²) in [5.41, 5.74) is 1.84. The van der Waals surface area contributed by atoms with Crippen molar-refractivity contribution in [3.05, 3.63) is 18.2 Å². The van der Waals surface area contributed by atoms with Crippen molar-refractivity contribution in [2.45, 2.75) is 0 Å². The molecule has 0 aliphatic rings. The second-order valence-corrected chi connectivity index (χ2v) is 3.46. The molecule has 3 nitrogen and oxygen atoms in total. The van der Waals surface area contributed by atoms with Crippen molar-refractivity contribution in [1.29, 1.82) is 0 Å². The van der Waals surface area contributed by atoms with Crippen LogP contribution in [0.1, 0.15) is 0 Å². The summed E-state index contributed by atoms with van der Waals surface area (Å²) in [4.78, 5) is 3.84. The molecule has 0 aliphatic carbocycles. The lowest BCUT2D eigenvalue weighted by Crippen LogP contribution is -2.11. The number of phenols is 1. The summed E-state index contributed by atoms with van der Waals surface area (Å²) in [5.74, 6) is 0.316. The van der Waals surface area contributed by atoms with E-state index < -0.39 is 0 Å². The van der Waals surface area contributed by atoms with Crippen LogP contribution in [-0.2, 0) is 0 Å². The van der Waals surface area contributed by atoms with Crippen molar-refractivity contribution in [3.63, 3.8) is 0 Å². The first-order valence-corrected chi connectivity index (χ1v) is 4.20. The molecule has 0 fully saturated rings. The maximum Gasteiger partial charge on any atom is 0.140 e. The third-order valence-corrected chi connectivity index (χ3v) is 1.96. The number of phenolic OH excluding ortho intramolecular Hbond substituents is 1. The Balaban J connectivity index is 3.06. The summed E-state index contributed by atoms with van der Waals surface area (Å²) in [5, 5.41) is 9.64. The molecule has 0 atom stereocenters. The van der Waals surface area contributed by atoms with E-state index in [1.165, 1.54) is 0 Å². The Kier molecular flexibility index (Phi) is 2.66. The molecule has 3 heteroatoms. The van der Waals surface area contributed by atoms with E-state index in [0.29, 0.717) is 5.75 Å². The number of hydrogen-bond acceptors (Lipinski definition) is 3. The van der Waals surface area contributed by atoms with Crippen molar-refractivity contribution in [1.82, 2.24) is 0 Å². The van der Waals surface area contributed by atoms with Gasteiger partial charge in [-0.1, -0.05) is 0 Å². The Morgan fingerprint density at radius 1 is 1.00 bits per heavy atom. The van der Waals surface area contributed by atoms with E-state index in [0.717, 1.165) is 11.4 Å². The normalized spacial score (nSPS) is 9.85. The van der Waals surface area contributed by atoms with Gasteiger partial charge in [-0.3, -0.25) is 0 Å². The lowest BCUT2D eigenvalue weighted by molar-refractivity contribution is 0.476. The molecule has 0 aliphatic heterocycles. The Labute approximate surface area is 79.2 Å². The zero-order valence-corrected chi connectivity index (χ0v) is 8.57. The first kappa shape index (κ1) is 9.71. The van der Waals surface area contributed by atoms with Gasteiger partial charge in [0.1, 0.15) is 5.75 Å². The van der Waals surface area contributed by atoms with E-state index in [2.05, 4.69) is 0 Å². The van der Waals surface area contributed by atoms with Crippen LogP contribution in [-0.4, -0.2) is 33.3 Å². The van der Waals surface area contributed by atoms with Gasteiger partial charge in [0.15, 0.2) is 0 Å².